The van der Waals surface area contributed by atoms with Crippen LogP contribution in [0, 0.1) is 13.8 Å². The zero-order chi connectivity index (χ0) is 18.5. The topological polar surface area (TPSA) is 67.3 Å². The number of carbonyl (C=O) groups is 1. The molecule has 26 heavy (non-hydrogen) atoms. The predicted molar refractivity (Wildman–Crippen MR) is 101 cm³/mol. The maximum absolute atomic E-state index is 12.6. The molecule has 0 unspecified atom stereocenters. The van der Waals surface area contributed by atoms with Crippen LogP contribution in [0.1, 0.15) is 29.9 Å². The summed E-state index contributed by atoms with van der Waals surface area (Å²) in [5.74, 6) is 2.57. The minimum Gasteiger partial charge on any atom is -0.496 e. The van der Waals surface area contributed by atoms with E-state index in [4.69, 9.17) is 4.74 Å². The Morgan fingerprint density at radius 1 is 1.23 bits per heavy atom. The van der Waals surface area contributed by atoms with Gasteiger partial charge in [0.05, 0.1) is 13.5 Å². The first-order valence-corrected chi connectivity index (χ1v) is 9.03. The minimum absolute atomic E-state index is 0.154. The number of nitrogens with zero attached hydrogens (tertiary/aromatic N) is 3. The van der Waals surface area contributed by atoms with Gasteiger partial charge in [-0.15, -0.1) is 0 Å². The van der Waals surface area contributed by atoms with Crippen molar-refractivity contribution in [2.45, 2.75) is 39.2 Å². The van der Waals surface area contributed by atoms with Crippen molar-refractivity contribution >= 4 is 11.7 Å². The van der Waals surface area contributed by atoms with Gasteiger partial charge in [0.1, 0.15) is 17.4 Å². The first kappa shape index (κ1) is 18.2. The number of benzene rings is 1. The number of aromatic nitrogens is 2. The van der Waals surface area contributed by atoms with Crippen LogP contribution in [0.3, 0.4) is 0 Å². The van der Waals surface area contributed by atoms with Crippen molar-refractivity contribution in [1.82, 2.24) is 14.9 Å². The lowest BCUT2D eigenvalue weighted by atomic mass is 10.0. The van der Waals surface area contributed by atoms with Gasteiger partial charge in [0.25, 0.3) is 0 Å². The molecule has 1 aliphatic rings. The lowest BCUT2D eigenvalue weighted by Gasteiger charge is -2.33. The second-order valence-electron chi connectivity index (χ2n) is 6.73. The fourth-order valence-electron chi connectivity index (χ4n) is 3.40. The van der Waals surface area contributed by atoms with Gasteiger partial charge in [-0.3, -0.25) is 4.79 Å². The molecule has 0 saturated carbocycles. The van der Waals surface area contributed by atoms with E-state index in [9.17, 15) is 4.79 Å². The summed E-state index contributed by atoms with van der Waals surface area (Å²) in [6, 6.07) is 9.99. The van der Waals surface area contributed by atoms with E-state index >= 15 is 0 Å². The molecule has 0 atom stereocenters. The highest BCUT2D eigenvalue weighted by Crippen LogP contribution is 2.21. The first-order chi connectivity index (χ1) is 12.5. The molecule has 0 radical (unpaired) electrons. The van der Waals surface area contributed by atoms with Crippen molar-refractivity contribution < 1.29 is 9.53 Å². The van der Waals surface area contributed by atoms with Gasteiger partial charge in [-0.2, -0.15) is 0 Å². The highest BCUT2D eigenvalue weighted by atomic mass is 16.5. The first-order valence-electron chi connectivity index (χ1n) is 9.03. The third-order valence-electron chi connectivity index (χ3n) is 4.70. The molecule has 1 saturated heterocycles. The molecule has 0 aliphatic carbocycles. The van der Waals surface area contributed by atoms with Crippen LogP contribution < -0.4 is 10.1 Å². The van der Waals surface area contributed by atoms with Crippen LogP contribution in [0.2, 0.25) is 0 Å². The molecular formula is C20H26N4O2. The summed E-state index contributed by atoms with van der Waals surface area (Å²) in [6.07, 6.45) is 2.21. The Morgan fingerprint density at radius 2 is 1.96 bits per heavy atom. The quantitative estimate of drug-likeness (QED) is 0.894. The van der Waals surface area contributed by atoms with Crippen LogP contribution in [0.15, 0.2) is 30.3 Å². The Kier molecular flexibility index (Phi) is 5.71. The molecule has 1 aromatic carbocycles. The van der Waals surface area contributed by atoms with Gasteiger partial charge in [-0.25, -0.2) is 9.97 Å². The van der Waals surface area contributed by atoms with E-state index in [1.54, 1.807) is 7.11 Å². The van der Waals surface area contributed by atoms with Crippen molar-refractivity contribution in [3.05, 3.63) is 47.4 Å². The van der Waals surface area contributed by atoms with E-state index in [1.807, 2.05) is 49.1 Å². The number of amides is 1. The zero-order valence-electron chi connectivity index (χ0n) is 15.7. The number of carbonyl (C=O) groups excluding carboxylic acids is 1. The number of anilines is 1. The summed E-state index contributed by atoms with van der Waals surface area (Å²) in [4.78, 5) is 23.3. The van der Waals surface area contributed by atoms with E-state index in [2.05, 4.69) is 15.3 Å². The molecule has 6 heteroatoms. The zero-order valence-corrected chi connectivity index (χ0v) is 15.7. The summed E-state index contributed by atoms with van der Waals surface area (Å²) in [5.41, 5.74) is 1.90. The molecular weight excluding hydrogens is 328 g/mol. The van der Waals surface area contributed by atoms with Crippen LogP contribution in [0.5, 0.6) is 5.75 Å². The molecule has 6 nitrogen and oxygen atoms in total. The summed E-state index contributed by atoms with van der Waals surface area (Å²) in [5, 5.41) is 3.48. The fraction of sp³-hybridized carbons (Fsp3) is 0.450. The van der Waals surface area contributed by atoms with E-state index in [1.165, 1.54) is 0 Å². The minimum atomic E-state index is 0.154. The second-order valence-corrected chi connectivity index (χ2v) is 6.73. The molecule has 138 valence electrons. The number of piperidine rings is 1. The van der Waals surface area contributed by atoms with Gasteiger partial charge in [-0.05, 0) is 32.8 Å². The lowest BCUT2D eigenvalue weighted by Crippen LogP contribution is -2.43. The summed E-state index contributed by atoms with van der Waals surface area (Å²) in [7, 11) is 1.64. The molecule has 0 bridgehead atoms. The van der Waals surface area contributed by atoms with Crippen LogP contribution in [0.4, 0.5) is 5.82 Å². The number of rotatable bonds is 5. The maximum Gasteiger partial charge on any atom is 0.227 e. The predicted octanol–water partition coefficient (Wildman–Crippen LogP) is 2.75. The van der Waals surface area contributed by atoms with Gasteiger partial charge in [0.2, 0.25) is 5.91 Å². The highest BCUT2D eigenvalue weighted by molar-refractivity contribution is 5.79. The largest absolute Gasteiger partial charge is 0.496 e. The fourth-order valence-corrected chi connectivity index (χ4v) is 3.40. The van der Waals surface area contributed by atoms with Crippen molar-refractivity contribution in [3.8, 4) is 5.75 Å². The Morgan fingerprint density at radius 3 is 2.65 bits per heavy atom. The molecule has 1 aromatic heterocycles. The average molecular weight is 354 g/mol. The van der Waals surface area contributed by atoms with Crippen molar-refractivity contribution in [2.75, 3.05) is 25.5 Å². The average Bonchev–Trinajstić information content (AvgIpc) is 2.62. The highest BCUT2D eigenvalue weighted by Gasteiger charge is 2.23. The van der Waals surface area contributed by atoms with Gasteiger partial charge < -0.3 is 15.0 Å². The summed E-state index contributed by atoms with van der Waals surface area (Å²) in [6.45, 7) is 5.39. The number of ether oxygens (including phenoxy) is 1. The third kappa shape index (κ3) is 4.50. The Hall–Kier alpha value is -2.63. The Labute approximate surface area is 154 Å². The van der Waals surface area contributed by atoms with E-state index in [0.717, 1.165) is 54.6 Å². The van der Waals surface area contributed by atoms with Crippen LogP contribution >= 0.6 is 0 Å². The number of nitrogens with one attached hydrogen (secondary N) is 1. The molecule has 1 amide bonds. The molecule has 0 spiro atoms. The summed E-state index contributed by atoms with van der Waals surface area (Å²) >= 11 is 0. The van der Waals surface area contributed by atoms with Crippen LogP contribution in [-0.2, 0) is 11.2 Å². The van der Waals surface area contributed by atoms with Gasteiger partial charge in [0.15, 0.2) is 0 Å². The molecule has 1 aliphatic heterocycles. The molecule has 2 aromatic rings. The van der Waals surface area contributed by atoms with E-state index in [0.29, 0.717) is 12.5 Å². The molecule has 1 fully saturated rings. The standard InChI is InChI=1S/C20H26N4O2/c1-14-12-19(22-15(2)21-14)23-17-8-10-24(11-9-17)20(25)13-16-6-4-5-7-18(16)26-3/h4-7,12,17H,8-11,13H2,1-3H3,(H,21,22,23). The molecule has 3 rings (SSSR count). The van der Waals surface area contributed by atoms with Crippen LogP contribution in [-0.4, -0.2) is 47.0 Å². The van der Waals surface area contributed by atoms with Gasteiger partial charge >= 0.3 is 0 Å². The monoisotopic (exact) mass is 354 g/mol. The second kappa shape index (κ2) is 8.17. The van der Waals surface area contributed by atoms with E-state index in [-0.39, 0.29) is 5.91 Å². The van der Waals surface area contributed by atoms with Crippen molar-refractivity contribution in [2.24, 2.45) is 0 Å². The maximum atomic E-state index is 12.6. The normalized spacial score (nSPS) is 15.0. The number of likely N-dealkylation sites (tertiary alicyclic amines) is 1. The lowest BCUT2D eigenvalue weighted by molar-refractivity contribution is -0.131. The smallest absolute Gasteiger partial charge is 0.227 e. The Bertz CT molecular complexity index is 750. The van der Waals surface area contributed by atoms with Gasteiger partial charge in [-0.1, -0.05) is 18.2 Å². The van der Waals surface area contributed by atoms with Crippen molar-refractivity contribution in [3.63, 3.8) is 0 Å². The Balaban J connectivity index is 1.53. The number of aryl methyl sites for hydroxylation is 2. The van der Waals surface area contributed by atoms with Gasteiger partial charge in [0, 0.05) is 36.5 Å². The third-order valence-corrected chi connectivity index (χ3v) is 4.70. The van der Waals surface area contributed by atoms with E-state index < -0.39 is 0 Å². The molecule has 2 heterocycles. The van der Waals surface area contributed by atoms with Crippen molar-refractivity contribution in [1.29, 1.82) is 0 Å². The number of methoxy groups -OCH3 is 1. The van der Waals surface area contributed by atoms with Crippen LogP contribution in [0.25, 0.3) is 0 Å². The molecule has 1 N–H and O–H groups in total. The SMILES string of the molecule is COc1ccccc1CC(=O)N1CCC(Nc2cc(C)nc(C)n2)CC1. The number of hydrogen-bond donors (Lipinski definition) is 1. The number of para-hydroxylation sites is 1. The summed E-state index contributed by atoms with van der Waals surface area (Å²) < 4.78 is 5.34. The number of hydrogen-bond acceptors (Lipinski definition) is 5.